The number of carbonyl (C=O) groups excluding carboxylic acids is 1. The van der Waals surface area contributed by atoms with Crippen LogP contribution >= 0.6 is 0 Å². The van der Waals surface area contributed by atoms with Gasteiger partial charge in [0.1, 0.15) is 0 Å². The van der Waals surface area contributed by atoms with Gasteiger partial charge in [-0.25, -0.2) is 8.42 Å². The Hall–Kier alpha value is -1.44. The minimum Gasteiger partial charge on any atom is -0.374 e. The second kappa shape index (κ2) is 6.59. The van der Waals surface area contributed by atoms with E-state index in [0.717, 1.165) is 12.8 Å². The lowest BCUT2D eigenvalue weighted by atomic mass is 10.1. The van der Waals surface area contributed by atoms with Crippen LogP contribution in [-0.2, 0) is 32.4 Å². The highest BCUT2D eigenvalue weighted by molar-refractivity contribution is 7.88. The van der Waals surface area contributed by atoms with Gasteiger partial charge in [0.2, 0.25) is 15.9 Å². The van der Waals surface area contributed by atoms with Gasteiger partial charge >= 0.3 is 0 Å². The monoisotopic (exact) mass is 338 g/mol. The minimum absolute atomic E-state index is 0.0151. The lowest BCUT2D eigenvalue weighted by molar-refractivity contribution is -0.125. The normalized spacial score (nSPS) is 22.7. The molecule has 0 unspecified atom stereocenters. The van der Waals surface area contributed by atoms with Gasteiger partial charge in [0.15, 0.2) is 0 Å². The Kier molecular flexibility index (Phi) is 4.70. The molecule has 0 bridgehead atoms. The summed E-state index contributed by atoms with van der Waals surface area (Å²) >= 11 is 0. The smallest absolute Gasteiger partial charge is 0.223 e. The third-order valence-corrected chi connectivity index (χ3v) is 5.77. The van der Waals surface area contributed by atoms with Gasteiger partial charge in [-0.05, 0) is 24.0 Å². The SMILES string of the molecule is CS(=O)(=O)N1CCO[C@H](CNC(=O)C2Cc3ccccc3C2)C1. The number of ether oxygens (including phenoxy) is 1. The largest absolute Gasteiger partial charge is 0.374 e. The Morgan fingerprint density at radius 2 is 1.96 bits per heavy atom. The molecule has 1 fully saturated rings. The zero-order valence-corrected chi connectivity index (χ0v) is 14.0. The summed E-state index contributed by atoms with van der Waals surface area (Å²) in [6.45, 7) is 1.38. The van der Waals surface area contributed by atoms with E-state index in [1.165, 1.54) is 21.7 Å². The molecule has 1 atom stereocenters. The maximum Gasteiger partial charge on any atom is 0.223 e. The predicted molar refractivity (Wildman–Crippen MR) is 86.5 cm³/mol. The van der Waals surface area contributed by atoms with E-state index in [1.54, 1.807) is 0 Å². The molecular formula is C16H22N2O4S. The van der Waals surface area contributed by atoms with E-state index in [-0.39, 0.29) is 17.9 Å². The van der Waals surface area contributed by atoms with Crippen molar-refractivity contribution in [2.24, 2.45) is 5.92 Å². The van der Waals surface area contributed by atoms with Crippen LogP contribution < -0.4 is 5.32 Å². The van der Waals surface area contributed by atoms with Gasteiger partial charge in [0.25, 0.3) is 0 Å². The summed E-state index contributed by atoms with van der Waals surface area (Å²) in [6.07, 6.45) is 2.45. The number of amides is 1. The number of rotatable bonds is 4. The maximum atomic E-state index is 12.3. The number of hydrogen-bond donors (Lipinski definition) is 1. The number of morpholine rings is 1. The van der Waals surface area contributed by atoms with Crippen molar-refractivity contribution in [3.8, 4) is 0 Å². The van der Waals surface area contributed by atoms with Crippen LogP contribution in [0.3, 0.4) is 0 Å². The van der Waals surface area contributed by atoms with Crippen LogP contribution in [0.4, 0.5) is 0 Å². The van der Waals surface area contributed by atoms with Crippen molar-refractivity contribution in [1.29, 1.82) is 0 Å². The highest BCUT2D eigenvalue weighted by Gasteiger charge is 2.29. The first-order valence-corrected chi connectivity index (χ1v) is 9.69. The molecule has 6 nitrogen and oxygen atoms in total. The summed E-state index contributed by atoms with van der Waals surface area (Å²) < 4.78 is 30.1. The molecular weight excluding hydrogens is 316 g/mol. The highest BCUT2D eigenvalue weighted by Crippen LogP contribution is 2.26. The zero-order valence-electron chi connectivity index (χ0n) is 13.2. The molecule has 0 spiro atoms. The van der Waals surface area contributed by atoms with Crippen LogP contribution in [0.15, 0.2) is 24.3 Å². The fourth-order valence-electron chi connectivity index (χ4n) is 3.22. The van der Waals surface area contributed by atoms with E-state index < -0.39 is 10.0 Å². The van der Waals surface area contributed by atoms with Gasteiger partial charge < -0.3 is 10.1 Å². The third kappa shape index (κ3) is 3.91. The summed E-state index contributed by atoms with van der Waals surface area (Å²) in [7, 11) is -3.21. The Bertz CT molecular complexity index is 664. The fraction of sp³-hybridized carbons (Fsp3) is 0.562. The molecule has 23 heavy (non-hydrogen) atoms. The number of hydrogen-bond acceptors (Lipinski definition) is 4. The first kappa shape index (κ1) is 16.4. The molecule has 2 aliphatic rings. The lowest BCUT2D eigenvalue weighted by Gasteiger charge is -2.31. The van der Waals surface area contributed by atoms with Crippen molar-refractivity contribution < 1.29 is 17.9 Å². The van der Waals surface area contributed by atoms with Gasteiger partial charge in [0, 0.05) is 25.6 Å². The predicted octanol–water partition coefficient (Wildman–Crippen LogP) is 0.178. The number of carbonyl (C=O) groups is 1. The van der Waals surface area contributed by atoms with Crippen molar-refractivity contribution in [3.63, 3.8) is 0 Å². The summed E-state index contributed by atoms with van der Waals surface area (Å²) in [4.78, 5) is 12.3. The Balaban J connectivity index is 1.50. The Labute approximate surface area is 136 Å². The van der Waals surface area contributed by atoms with E-state index in [2.05, 4.69) is 17.4 Å². The molecule has 0 aromatic heterocycles. The summed E-state index contributed by atoms with van der Waals surface area (Å²) in [5.41, 5.74) is 2.48. The van der Waals surface area contributed by atoms with E-state index in [4.69, 9.17) is 4.74 Å². The molecule has 1 amide bonds. The van der Waals surface area contributed by atoms with Crippen molar-refractivity contribution >= 4 is 15.9 Å². The van der Waals surface area contributed by atoms with E-state index in [9.17, 15) is 13.2 Å². The molecule has 126 valence electrons. The van der Waals surface area contributed by atoms with E-state index >= 15 is 0 Å². The van der Waals surface area contributed by atoms with Gasteiger partial charge in [-0.1, -0.05) is 24.3 Å². The molecule has 1 aliphatic carbocycles. The average Bonchev–Trinajstić information content (AvgIpc) is 2.96. The first-order valence-electron chi connectivity index (χ1n) is 7.84. The maximum absolute atomic E-state index is 12.3. The van der Waals surface area contributed by atoms with Crippen molar-refractivity contribution in [1.82, 2.24) is 9.62 Å². The molecule has 1 aromatic carbocycles. The van der Waals surface area contributed by atoms with Crippen LogP contribution in [0.5, 0.6) is 0 Å². The van der Waals surface area contributed by atoms with Gasteiger partial charge in [-0.3, -0.25) is 4.79 Å². The van der Waals surface area contributed by atoms with Gasteiger partial charge in [-0.2, -0.15) is 4.31 Å². The van der Waals surface area contributed by atoms with Crippen molar-refractivity contribution in [2.45, 2.75) is 18.9 Å². The highest BCUT2D eigenvalue weighted by atomic mass is 32.2. The number of sulfonamides is 1. The Morgan fingerprint density at radius 3 is 2.57 bits per heavy atom. The van der Waals surface area contributed by atoms with Crippen LogP contribution in [0.1, 0.15) is 11.1 Å². The summed E-state index contributed by atoms with van der Waals surface area (Å²) in [5.74, 6) is -0.0247. The van der Waals surface area contributed by atoms with Gasteiger partial charge in [0.05, 0.1) is 19.0 Å². The number of nitrogens with one attached hydrogen (secondary N) is 1. The molecule has 1 saturated heterocycles. The van der Waals surface area contributed by atoms with Crippen LogP contribution in [0, 0.1) is 5.92 Å². The van der Waals surface area contributed by atoms with Crippen LogP contribution in [0.25, 0.3) is 0 Å². The quantitative estimate of drug-likeness (QED) is 0.850. The molecule has 0 radical (unpaired) electrons. The van der Waals surface area contributed by atoms with E-state index in [1.807, 2.05) is 12.1 Å². The summed E-state index contributed by atoms with van der Waals surface area (Å²) in [6, 6.07) is 8.12. The Morgan fingerprint density at radius 1 is 1.30 bits per heavy atom. The molecule has 0 saturated carbocycles. The molecule has 1 heterocycles. The van der Waals surface area contributed by atoms with E-state index in [0.29, 0.717) is 26.2 Å². The molecule has 1 aromatic rings. The molecule has 3 rings (SSSR count). The topological polar surface area (TPSA) is 75.7 Å². The zero-order chi connectivity index (χ0) is 16.4. The van der Waals surface area contributed by atoms with Crippen molar-refractivity contribution in [3.05, 3.63) is 35.4 Å². The molecule has 7 heteroatoms. The second-order valence-corrected chi connectivity index (χ2v) is 8.22. The first-order chi connectivity index (χ1) is 10.9. The van der Waals surface area contributed by atoms with Gasteiger partial charge in [-0.15, -0.1) is 0 Å². The fourth-order valence-corrected chi connectivity index (χ4v) is 4.06. The second-order valence-electron chi connectivity index (χ2n) is 6.23. The molecule has 1 N–H and O–H groups in total. The summed E-state index contributed by atoms with van der Waals surface area (Å²) in [5, 5.41) is 2.92. The van der Waals surface area contributed by atoms with Crippen LogP contribution in [0.2, 0.25) is 0 Å². The number of fused-ring (bicyclic) bond motifs is 1. The average molecular weight is 338 g/mol. The lowest BCUT2D eigenvalue weighted by Crippen LogP contribution is -2.49. The number of nitrogens with zero attached hydrogens (tertiary/aromatic N) is 1. The minimum atomic E-state index is -3.21. The standard InChI is InChI=1S/C16H22N2O4S/c1-23(20,21)18-6-7-22-15(11-18)10-17-16(19)14-8-12-4-2-3-5-13(12)9-14/h2-5,14-15H,6-11H2,1H3,(H,17,19)/t15-/m1/s1. The van der Waals surface area contributed by atoms with Crippen molar-refractivity contribution in [2.75, 3.05) is 32.5 Å². The van der Waals surface area contributed by atoms with Crippen LogP contribution in [-0.4, -0.2) is 57.2 Å². The molecule has 1 aliphatic heterocycles. The number of benzene rings is 1. The third-order valence-electron chi connectivity index (χ3n) is 4.50.